The topological polar surface area (TPSA) is 87.0 Å². The molecule has 2 heterocycles. The molecule has 0 fully saturated rings. The number of alkyl carbamates (subject to hydrolysis) is 1. The van der Waals surface area contributed by atoms with Crippen LogP contribution in [0.15, 0.2) is 128 Å². The predicted molar refractivity (Wildman–Crippen MR) is 192 cm³/mol. The molecule has 6 aromatic rings. The molecule has 6 rings (SSSR count). The molecule has 0 radical (unpaired) electrons. The molecule has 0 aliphatic carbocycles. The van der Waals surface area contributed by atoms with E-state index in [-0.39, 0.29) is 13.2 Å². The van der Waals surface area contributed by atoms with E-state index in [0.29, 0.717) is 23.5 Å². The zero-order valence-electron chi connectivity index (χ0n) is 28.7. The molecule has 8 nitrogen and oxygen atoms in total. The van der Waals surface area contributed by atoms with Crippen LogP contribution in [0.3, 0.4) is 0 Å². The maximum Gasteiger partial charge on any atom is 0.407 e. The maximum atomic E-state index is 15.7. The standard InChI is InChI=1S/C41H41FN4O4/c1-29-22-30(20-21-31(29)24-43-39(47)50-40(2,3)4)38-37-23-36(25-46(37)45-28-44-38)48-26-35(42)27-49-41(32-14-8-5-9-15-32,33-16-10-6-11-17-33)34-18-12-7-13-19-34/h5-23,25,28,35H,24,26-27H2,1-4H3,(H,43,47)/t35-/m0/s1. The van der Waals surface area contributed by atoms with E-state index in [1.165, 1.54) is 6.33 Å². The molecule has 9 heteroatoms. The SMILES string of the molecule is Cc1cc(-c2ncnn3cc(OC[C@H](F)COC(c4ccccc4)(c4ccccc4)c4ccccc4)cc23)ccc1CNC(=O)OC(C)(C)C. The molecule has 0 bridgehead atoms. The Balaban J connectivity index is 1.16. The first-order valence-corrected chi connectivity index (χ1v) is 16.6. The van der Waals surface area contributed by atoms with Crippen LogP contribution < -0.4 is 10.1 Å². The van der Waals surface area contributed by atoms with Crippen LogP contribution in [0.2, 0.25) is 0 Å². The number of amides is 1. The van der Waals surface area contributed by atoms with Crippen molar-refractivity contribution in [3.63, 3.8) is 0 Å². The van der Waals surface area contributed by atoms with Crippen LogP contribution in [-0.4, -0.2) is 45.7 Å². The maximum absolute atomic E-state index is 15.7. The summed E-state index contributed by atoms with van der Waals surface area (Å²) in [5, 5.41) is 7.15. The number of hydrogen-bond acceptors (Lipinski definition) is 6. The van der Waals surface area contributed by atoms with Crippen molar-refractivity contribution in [1.29, 1.82) is 0 Å². The highest BCUT2D eigenvalue weighted by Crippen LogP contribution is 2.40. The summed E-state index contributed by atoms with van der Waals surface area (Å²) < 4.78 is 35.3. The molecule has 1 N–H and O–H groups in total. The minimum atomic E-state index is -1.43. The molecule has 1 atom stereocenters. The molecule has 50 heavy (non-hydrogen) atoms. The molecule has 4 aromatic carbocycles. The lowest BCUT2D eigenvalue weighted by Crippen LogP contribution is -2.36. The Kier molecular flexibility index (Phi) is 10.2. The lowest BCUT2D eigenvalue weighted by atomic mass is 9.80. The Hall–Kier alpha value is -5.54. The number of halogens is 1. The van der Waals surface area contributed by atoms with Gasteiger partial charge in [0.1, 0.15) is 29.9 Å². The van der Waals surface area contributed by atoms with Gasteiger partial charge in [0.15, 0.2) is 6.17 Å². The van der Waals surface area contributed by atoms with Gasteiger partial charge in [-0.2, -0.15) is 5.10 Å². The zero-order valence-corrected chi connectivity index (χ0v) is 28.7. The number of fused-ring (bicyclic) bond motifs is 1. The Labute approximate surface area is 291 Å². The first-order valence-electron chi connectivity index (χ1n) is 16.6. The summed E-state index contributed by atoms with van der Waals surface area (Å²) in [7, 11) is 0. The van der Waals surface area contributed by atoms with Crippen molar-refractivity contribution in [3.05, 3.63) is 156 Å². The highest BCUT2D eigenvalue weighted by molar-refractivity contribution is 5.78. The summed E-state index contributed by atoms with van der Waals surface area (Å²) in [6.45, 7) is 7.37. The molecule has 2 aromatic heterocycles. The average molecular weight is 673 g/mol. The summed E-state index contributed by atoms with van der Waals surface area (Å²) in [5.74, 6) is 0.463. The van der Waals surface area contributed by atoms with Gasteiger partial charge in [-0.15, -0.1) is 0 Å². The van der Waals surface area contributed by atoms with E-state index in [1.807, 2.05) is 137 Å². The highest BCUT2D eigenvalue weighted by Gasteiger charge is 2.38. The van der Waals surface area contributed by atoms with Gasteiger partial charge in [-0.25, -0.2) is 18.7 Å². The Bertz CT molecular complexity index is 1930. The number of rotatable bonds is 12. The summed E-state index contributed by atoms with van der Waals surface area (Å²) in [4.78, 5) is 16.7. The van der Waals surface area contributed by atoms with Crippen molar-refractivity contribution < 1.29 is 23.4 Å². The van der Waals surface area contributed by atoms with E-state index in [1.54, 1.807) is 16.8 Å². The van der Waals surface area contributed by atoms with E-state index in [0.717, 1.165) is 33.4 Å². The van der Waals surface area contributed by atoms with Crippen LogP contribution in [0.4, 0.5) is 9.18 Å². The van der Waals surface area contributed by atoms with Crippen molar-refractivity contribution in [2.24, 2.45) is 0 Å². The second-order valence-corrected chi connectivity index (χ2v) is 13.1. The third-order valence-electron chi connectivity index (χ3n) is 8.27. The summed E-state index contributed by atoms with van der Waals surface area (Å²) in [5.41, 5.74) is 5.33. The van der Waals surface area contributed by atoms with Gasteiger partial charge in [0.05, 0.1) is 24.0 Å². The second kappa shape index (κ2) is 14.9. The number of hydrogen-bond donors (Lipinski definition) is 1. The number of benzene rings is 4. The van der Waals surface area contributed by atoms with Crippen LogP contribution >= 0.6 is 0 Å². The minimum absolute atomic E-state index is 0.203. The van der Waals surface area contributed by atoms with Crippen LogP contribution in [0, 0.1) is 6.92 Å². The third-order valence-corrected chi connectivity index (χ3v) is 8.27. The lowest BCUT2D eigenvalue weighted by Gasteiger charge is -2.36. The molecule has 1 amide bonds. The summed E-state index contributed by atoms with van der Waals surface area (Å²) >= 11 is 0. The van der Waals surface area contributed by atoms with E-state index in [4.69, 9.17) is 14.2 Å². The number of aryl methyl sites for hydroxylation is 1. The Morgan fingerprint density at radius 2 is 1.44 bits per heavy atom. The summed E-state index contributed by atoms with van der Waals surface area (Å²) in [6, 6.07) is 37.4. The molecular formula is C41H41FN4O4. The van der Waals surface area contributed by atoms with Gasteiger partial charge >= 0.3 is 6.09 Å². The molecule has 0 saturated heterocycles. The fraction of sp³-hybridized carbons (Fsp3) is 0.244. The predicted octanol–water partition coefficient (Wildman–Crippen LogP) is 8.46. The normalized spacial score (nSPS) is 12.4. The number of nitrogens with zero attached hydrogens (tertiary/aromatic N) is 3. The fourth-order valence-electron chi connectivity index (χ4n) is 5.95. The van der Waals surface area contributed by atoms with E-state index in [9.17, 15) is 4.79 Å². The number of alkyl halides is 1. The highest BCUT2D eigenvalue weighted by atomic mass is 19.1. The molecule has 0 saturated carbocycles. The third kappa shape index (κ3) is 7.84. The Morgan fingerprint density at radius 3 is 2.00 bits per heavy atom. The fourth-order valence-corrected chi connectivity index (χ4v) is 5.95. The van der Waals surface area contributed by atoms with Crippen molar-refractivity contribution in [3.8, 4) is 17.0 Å². The van der Waals surface area contributed by atoms with Crippen LogP contribution in [0.5, 0.6) is 5.75 Å². The molecule has 0 aliphatic rings. The van der Waals surface area contributed by atoms with Gasteiger partial charge in [-0.1, -0.05) is 103 Å². The quantitative estimate of drug-likeness (QED) is 0.131. The van der Waals surface area contributed by atoms with Crippen molar-refractivity contribution >= 4 is 11.6 Å². The second-order valence-electron chi connectivity index (χ2n) is 13.1. The first kappa shape index (κ1) is 34.3. The van der Waals surface area contributed by atoms with Crippen LogP contribution in [0.25, 0.3) is 16.8 Å². The van der Waals surface area contributed by atoms with E-state index in [2.05, 4.69) is 15.4 Å². The number of ether oxygens (including phenoxy) is 3. The molecule has 0 spiro atoms. The van der Waals surface area contributed by atoms with Crippen molar-refractivity contribution in [2.75, 3.05) is 13.2 Å². The number of aromatic nitrogens is 3. The van der Waals surface area contributed by atoms with E-state index < -0.39 is 23.5 Å². The van der Waals surface area contributed by atoms with Gasteiger partial charge in [-0.3, -0.25) is 0 Å². The molecule has 0 aliphatic heterocycles. The van der Waals surface area contributed by atoms with Gasteiger partial charge in [0.25, 0.3) is 0 Å². The van der Waals surface area contributed by atoms with Gasteiger partial charge < -0.3 is 19.5 Å². The van der Waals surface area contributed by atoms with Crippen LogP contribution in [-0.2, 0) is 21.6 Å². The first-order chi connectivity index (χ1) is 24.1. The van der Waals surface area contributed by atoms with Crippen molar-refractivity contribution in [1.82, 2.24) is 19.9 Å². The van der Waals surface area contributed by atoms with Gasteiger partial charge in [-0.05, 0) is 61.6 Å². The Morgan fingerprint density at radius 1 is 0.840 bits per heavy atom. The number of nitrogens with one attached hydrogen (secondary N) is 1. The minimum Gasteiger partial charge on any atom is -0.489 e. The molecule has 256 valence electrons. The smallest absolute Gasteiger partial charge is 0.407 e. The monoisotopic (exact) mass is 672 g/mol. The van der Waals surface area contributed by atoms with Gasteiger partial charge in [0, 0.05) is 18.2 Å². The zero-order chi connectivity index (χ0) is 35.1. The lowest BCUT2D eigenvalue weighted by molar-refractivity contribution is -0.0248. The summed E-state index contributed by atoms with van der Waals surface area (Å²) in [6.07, 6.45) is 1.29. The van der Waals surface area contributed by atoms with Crippen molar-refractivity contribution in [2.45, 2.75) is 51.6 Å². The number of carbonyl (C=O) groups excluding carboxylic acids is 1. The van der Waals surface area contributed by atoms with E-state index >= 15 is 4.39 Å². The molecule has 0 unspecified atom stereocenters. The van der Waals surface area contributed by atoms with Gasteiger partial charge in [0.2, 0.25) is 0 Å². The average Bonchev–Trinajstić information content (AvgIpc) is 3.55. The number of carbonyl (C=O) groups is 1. The molecular weight excluding hydrogens is 631 g/mol. The van der Waals surface area contributed by atoms with Crippen LogP contribution in [0.1, 0.15) is 48.6 Å². The largest absolute Gasteiger partial charge is 0.489 e.